The average molecular weight is 315 g/mol. The average Bonchev–Trinajstić information content (AvgIpc) is 2.81. The van der Waals surface area contributed by atoms with E-state index >= 15 is 0 Å². The van der Waals surface area contributed by atoms with Crippen LogP contribution in [0.5, 0.6) is 0 Å². The van der Waals surface area contributed by atoms with Crippen molar-refractivity contribution in [1.29, 1.82) is 0 Å². The number of hydrogen-bond donors (Lipinski definition) is 0. The van der Waals surface area contributed by atoms with Crippen molar-refractivity contribution in [3.05, 3.63) is 34.4 Å². The Hall–Kier alpha value is -2.30. The molecule has 122 valence electrons. The molecule has 5 heteroatoms. The standard InChI is InChI=1S/C18H21NO4/c1-3-5-6-12(4-2)9-19-17(22)15-7-13(10-20)14(11-21)8-16(15)18(19)23/h7-8,10-12H,3-6,9H2,1-2H3. The SMILES string of the molecule is CCCCC(CC)CN1C(=O)c2cc(C=O)c(C=O)cc2C1=O. The number of imide groups is 1. The molecule has 0 saturated heterocycles. The smallest absolute Gasteiger partial charge is 0.261 e. The van der Waals surface area contributed by atoms with Gasteiger partial charge in [0, 0.05) is 17.7 Å². The lowest BCUT2D eigenvalue weighted by Gasteiger charge is -2.21. The number of nitrogens with zero attached hydrogens (tertiary/aromatic N) is 1. The van der Waals surface area contributed by atoms with Crippen LogP contribution < -0.4 is 0 Å². The number of carbonyl (C=O) groups is 4. The van der Waals surface area contributed by atoms with Gasteiger partial charge in [0.15, 0.2) is 12.6 Å². The number of unbranched alkanes of at least 4 members (excludes halogenated alkanes) is 1. The molecule has 2 rings (SSSR count). The van der Waals surface area contributed by atoms with Crippen LogP contribution in [-0.2, 0) is 0 Å². The number of benzene rings is 1. The maximum Gasteiger partial charge on any atom is 0.261 e. The van der Waals surface area contributed by atoms with Crippen molar-refractivity contribution in [3.63, 3.8) is 0 Å². The van der Waals surface area contributed by atoms with Gasteiger partial charge in [-0.15, -0.1) is 0 Å². The van der Waals surface area contributed by atoms with Crippen molar-refractivity contribution in [3.8, 4) is 0 Å². The summed E-state index contributed by atoms with van der Waals surface area (Å²) in [6, 6.07) is 2.69. The van der Waals surface area contributed by atoms with Gasteiger partial charge in [-0.25, -0.2) is 0 Å². The van der Waals surface area contributed by atoms with Gasteiger partial charge in [0.1, 0.15) is 0 Å². The van der Waals surface area contributed by atoms with Crippen molar-refractivity contribution < 1.29 is 19.2 Å². The largest absolute Gasteiger partial charge is 0.298 e. The molecule has 23 heavy (non-hydrogen) atoms. The van der Waals surface area contributed by atoms with E-state index < -0.39 is 0 Å². The fourth-order valence-corrected chi connectivity index (χ4v) is 2.92. The topological polar surface area (TPSA) is 71.5 Å². The summed E-state index contributed by atoms with van der Waals surface area (Å²) in [6.07, 6.45) is 5.06. The van der Waals surface area contributed by atoms with Crippen LogP contribution >= 0.6 is 0 Å². The van der Waals surface area contributed by atoms with Gasteiger partial charge in [0.05, 0.1) is 11.1 Å². The Labute approximate surface area is 135 Å². The molecule has 1 aromatic carbocycles. The van der Waals surface area contributed by atoms with Crippen molar-refractivity contribution >= 4 is 24.4 Å². The first kappa shape index (κ1) is 17.1. The van der Waals surface area contributed by atoms with Gasteiger partial charge in [-0.1, -0.05) is 33.1 Å². The minimum Gasteiger partial charge on any atom is -0.298 e. The fraction of sp³-hybridized carbons (Fsp3) is 0.444. The van der Waals surface area contributed by atoms with Crippen molar-refractivity contribution in [2.45, 2.75) is 39.5 Å². The van der Waals surface area contributed by atoms with E-state index in [-0.39, 0.29) is 40.0 Å². The highest BCUT2D eigenvalue weighted by Gasteiger charge is 2.37. The van der Waals surface area contributed by atoms with E-state index in [2.05, 4.69) is 6.92 Å². The molecule has 0 aromatic heterocycles. The highest BCUT2D eigenvalue weighted by atomic mass is 16.2. The number of amides is 2. The molecule has 0 aliphatic carbocycles. The summed E-state index contributed by atoms with van der Waals surface area (Å²) >= 11 is 0. The van der Waals surface area contributed by atoms with Crippen molar-refractivity contribution in [1.82, 2.24) is 4.90 Å². The van der Waals surface area contributed by atoms with E-state index in [1.54, 1.807) is 0 Å². The van der Waals surface area contributed by atoms with Gasteiger partial charge in [0.2, 0.25) is 0 Å². The molecule has 5 nitrogen and oxygen atoms in total. The summed E-state index contributed by atoms with van der Waals surface area (Å²) in [5, 5.41) is 0. The summed E-state index contributed by atoms with van der Waals surface area (Å²) in [5.74, 6) is -0.478. The Morgan fingerprint density at radius 2 is 1.52 bits per heavy atom. The summed E-state index contributed by atoms with van der Waals surface area (Å²) in [7, 11) is 0. The van der Waals surface area contributed by atoms with Crippen molar-refractivity contribution in [2.75, 3.05) is 6.54 Å². The zero-order valence-corrected chi connectivity index (χ0v) is 13.5. The highest BCUT2D eigenvalue weighted by Crippen LogP contribution is 2.27. The first-order valence-electron chi connectivity index (χ1n) is 8.01. The quantitative estimate of drug-likeness (QED) is 0.546. The Morgan fingerprint density at radius 3 is 1.91 bits per heavy atom. The second-order valence-electron chi connectivity index (χ2n) is 5.90. The first-order valence-corrected chi connectivity index (χ1v) is 8.01. The lowest BCUT2D eigenvalue weighted by Crippen LogP contribution is -2.34. The number of aldehydes is 2. The van der Waals surface area contributed by atoms with E-state index in [9.17, 15) is 19.2 Å². The van der Waals surface area contributed by atoms with E-state index in [1.807, 2.05) is 6.92 Å². The van der Waals surface area contributed by atoms with Crippen LogP contribution in [0.1, 0.15) is 81.0 Å². The second-order valence-corrected chi connectivity index (χ2v) is 5.90. The zero-order valence-electron chi connectivity index (χ0n) is 13.5. The van der Waals surface area contributed by atoms with Crippen LogP contribution in [0.4, 0.5) is 0 Å². The van der Waals surface area contributed by atoms with Gasteiger partial charge >= 0.3 is 0 Å². The first-order chi connectivity index (χ1) is 11.1. The molecule has 1 unspecified atom stereocenters. The van der Waals surface area contributed by atoms with Crippen LogP contribution in [0, 0.1) is 5.92 Å². The van der Waals surface area contributed by atoms with Gasteiger partial charge in [-0.2, -0.15) is 0 Å². The fourth-order valence-electron chi connectivity index (χ4n) is 2.92. The van der Waals surface area contributed by atoms with Gasteiger partial charge in [-0.3, -0.25) is 24.1 Å². The Morgan fingerprint density at radius 1 is 1.00 bits per heavy atom. The lowest BCUT2D eigenvalue weighted by molar-refractivity contribution is 0.0624. The monoisotopic (exact) mass is 315 g/mol. The maximum atomic E-state index is 12.5. The third-order valence-corrected chi connectivity index (χ3v) is 4.41. The molecule has 1 aliphatic heterocycles. The molecule has 0 saturated carbocycles. The molecule has 0 N–H and O–H groups in total. The Bertz CT molecular complexity index is 604. The molecular weight excluding hydrogens is 294 g/mol. The molecule has 1 aliphatic rings. The highest BCUT2D eigenvalue weighted by molar-refractivity contribution is 6.22. The van der Waals surface area contributed by atoms with Gasteiger partial charge in [-0.05, 0) is 24.5 Å². The zero-order chi connectivity index (χ0) is 17.0. The van der Waals surface area contributed by atoms with Crippen LogP contribution in [0.15, 0.2) is 12.1 Å². The third-order valence-electron chi connectivity index (χ3n) is 4.41. The predicted octanol–water partition coefficient (Wildman–Crippen LogP) is 3.12. The van der Waals surface area contributed by atoms with Crippen LogP contribution in [-0.4, -0.2) is 35.8 Å². The van der Waals surface area contributed by atoms with E-state index in [0.717, 1.165) is 25.7 Å². The van der Waals surface area contributed by atoms with Gasteiger partial charge < -0.3 is 0 Å². The van der Waals surface area contributed by atoms with Gasteiger partial charge in [0.25, 0.3) is 11.8 Å². The molecule has 0 radical (unpaired) electrons. The summed E-state index contributed by atoms with van der Waals surface area (Å²) in [6.45, 7) is 4.54. The Kier molecular flexibility index (Phi) is 5.42. The van der Waals surface area contributed by atoms with Crippen LogP contribution in [0.2, 0.25) is 0 Å². The molecule has 1 atom stereocenters. The second kappa shape index (κ2) is 7.31. The molecule has 0 spiro atoms. The number of rotatable bonds is 8. The Balaban J connectivity index is 2.29. The molecule has 1 heterocycles. The van der Waals surface area contributed by atoms with Crippen LogP contribution in [0.3, 0.4) is 0 Å². The lowest BCUT2D eigenvalue weighted by atomic mass is 9.99. The normalized spacial score (nSPS) is 14.8. The predicted molar refractivity (Wildman–Crippen MR) is 85.9 cm³/mol. The number of carbonyl (C=O) groups excluding carboxylic acids is 4. The minimum atomic E-state index is -0.375. The molecule has 0 fully saturated rings. The molecule has 1 aromatic rings. The number of fused-ring (bicyclic) bond motifs is 1. The third kappa shape index (κ3) is 3.23. The van der Waals surface area contributed by atoms with E-state index in [0.29, 0.717) is 19.1 Å². The summed E-state index contributed by atoms with van der Waals surface area (Å²) in [4.78, 5) is 48.3. The molecule has 2 amide bonds. The van der Waals surface area contributed by atoms with Crippen molar-refractivity contribution in [2.24, 2.45) is 5.92 Å². The maximum absolute atomic E-state index is 12.5. The van der Waals surface area contributed by atoms with Crippen LogP contribution in [0.25, 0.3) is 0 Å². The number of hydrogen-bond acceptors (Lipinski definition) is 4. The van der Waals surface area contributed by atoms with E-state index in [4.69, 9.17) is 0 Å². The molecule has 0 bridgehead atoms. The molecular formula is C18H21NO4. The summed E-state index contributed by atoms with van der Waals surface area (Å²) in [5.41, 5.74) is 0.709. The summed E-state index contributed by atoms with van der Waals surface area (Å²) < 4.78 is 0. The van der Waals surface area contributed by atoms with E-state index in [1.165, 1.54) is 17.0 Å². The minimum absolute atomic E-state index is 0.139.